The van der Waals surface area contributed by atoms with Gasteiger partial charge in [-0.05, 0) is 18.5 Å². The molecule has 132 valence electrons. The molecule has 0 atom stereocenters. The van der Waals surface area contributed by atoms with Gasteiger partial charge in [0.2, 0.25) is 0 Å². The Kier molecular flexibility index (Phi) is 5.25. The number of aromatic nitrogens is 2. The van der Waals surface area contributed by atoms with E-state index in [0.717, 1.165) is 32.0 Å². The second-order valence-corrected chi connectivity index (χ2v) is 6.58. The van der Waals surface area contributed by atoms with Gasteiger partial charge in [-0.3, -0.25) is 4.79 Å². The topological polar surface area (TPSA) is 87.7 Å². The minimum Gasteiger partial charge on any atom is -0.465 e. The first-order valence-electron chi connectivity index (χ1n) is 7.81. The molecule has 2 aromatic heterocycles. The van der Waals surface area contributed by atoms with Crippen molar-refractivity contribution in [2.45, 2.75) is 0 Å². The van der Waals surface area contributed by atoms with Crippen LogP contribution in [0.15, 0.2) is 23.8 Å². The zero-order valence-corrected chi connectivity index (χ0v) is 14.9. The summed E-state index contributed by atoms with van der Waals surface area (Å²) < 4.78 is 4.71. The summed E-state index contributed by atoms with van der Waals surface area (Å²) in [5.41, 5.74) is 0.586. The summed E-state index contributed by atoms with van der Waals surface area (Å²) in [5, 5.41) is 4.88. The Balaban J connectivity index is 1.74. The maximum Gasteiger partial charge on any atom is 0.340 e. The number of amides is 1. The van der Waals surface area contributed by atoms with E-state index in [-0.39, 0.29) is 11.6 Å². The van der Waals surface area contributed by atoms with E-state index in [1.807, 2.05) is 0 Å². The molecular weight excluding hydrogens is 342 g/mol. The van der Waals surface area contributed by atoms with Crippen LogP contribution < -0.4 is 10.2 Å². The van der Waals surface area contributed by atoms with Gasteiger partial charge in [0.25, 0.3) is 5.91 Å². The number of nitrogens with one attached hydrogen (secondary N) is 1. The summed E-state index contributed by atoms with van der Waals surface area (Å²) in [6.07, 6.45) is 1.39. The molecule has 1 aliphatic heterocycles. The summed E-state index contributed by atoms with van der Waals surface area (Å²) >= 11 is 1.26. The molecule has 0 spiro atoms. The fourth-order valence-electron chi connectivity index (χ4n) is 2.52. The third-order valence-electron chi connectivity index (χ3n) is 4.01. The molecule has 0 unspecified atom stereocenters. The Morgan fingerprint density at radius 2 is 2.00 bits per heavy atom. The van der Waals surface area contributed by atoms with Crippen molar-refractivity contribution in [2.75, 3.05) is 50.6 Å². The fourth-order valence-corrected chi connectivity index (χ4v) is 3.29. The van der Waals surface area contributed by atoms with E-state index in [2.05, 4.69) is 32.1 Å². The lowest BCUT2D eigenvalue weighted by Crippen LogP contribution is -2.44. The van der Waals surface area contributed by atoms with Gasteiger partial charge in [-0.2, -0.15) is 0 Å². The predicted octanol–water partition coefficient (Wildman–Crippen LogP) is 1.33. The van der Waals surface area contributed by atoms with E-state index in [9.17, 15) is 9.59 Å². The molecule has 2 aromatic rings. The Hall–Kier alpha value is -2.52. The van der Waals surface area contributed by atoms with E-state index in [4.69, 9.17) is 4.74 Å². The van der Waals surface area contributed by atoms with E-state index in [0.29, 0.717) is 10.6 Å². The summed E-state index contributed by atoms with van der Waals surface area (Å²) in [6.45, 7) is 3.60. The fraction of sp³-hybridized carbons (Fsp3) is 0.375. The zero-order valence-electron chi connectivity index (χ0n) is 14.1. The molecule has 25 heavy (non-hydrogen) atoms. The molecule has 8 nitrogen and oxygen atoms in total. The SMILES string of the molecule is COC(=O)c1ccsc1NC(=O)c1cc(N2CCN(C)CC2)ncn1. The van der Waals surface area contributed by atoms with Crippen molar-refractivity contribution in [3.05, 3.63) is 35.1 Å². The van der Waals surface area contributed by atoms with Gasteiger partial charge < -0.3 is 19.9 Å². The number of nitrogens with zero attached hydrogens (tertiary/aromatic N) is 4. The summed E-state index contributed by atoms with van der Waals surface area (Å²) in [5.74, 6) is -0.143. The number of piperazine rings is 1. The average Bonchev–Trinajstić information content (AvgIpc) is 3.10. The second kappa shape index (κ2) is 7.58. The van der Waals surface area contributed by atoms with Gasteiger partial charge in [0.1, 0.15) is 22.8 Å². The number of anilines is 2. The smallest absolute Gasteiger partial charge is 0.340 e. The first-order chi connectivity index (χ1) is 12.1. The van der Waals surface area contributed by atoms with Crippen molar-refractivity contribution in [1.82, 2.24) is 14.9 Å². The van der Waals surface area contributed by atoms with Crippen molar-refractivity contribution in [2.24, 2.45) is 0 Å². The Labute approximate surface area is 149 Å². The molecule has 0 bridgehead atoms. The highest BCUT2D eigenvalue weighted by molar-refractivity contribution is 7.14. The number of hydrogen-bond acceptors (Lipinski definition) is 8. The van der Waals surface area contributed by atoms with Gasteiger partial charge in [0, 0.05) is 32.2 Å². The first kappa shape index (κ1) is 17.3. The molecule has 0 saturated carbocycles. The number of carbonyl (C=O) groups excluding carboxylic acids is 2. The molecule has 1 fully saturated rings. The Morgan fingerprint density at radius 3 is 2.72 bits per heavy atom. The number of methoxy groups -OCH3 is 1. The van der Waals surface area contributed by atoms with Crippen LogP contribution in [0.25, 0.3) is 0 Å². The van der Waals surface area contributed by atoms with Crippen molar-refractivity contribution >= 4 is 34.0 Å². The highest BCUT2D eigenvalue weighted by Gasteiger charge is 2.19. The second-order valence-electron chi connectivity index (χ2n) is 5.66. The molecule has 0 aliphatic carbocycles. The molecule has 0 radical (unpaired) electrons. The minimum absolute atomic E-state index is 0.258. The lowest BCUT2D eigenvalue weighted by Gasteiger charge is -2.33. The molecule has 3 rings (SSSR count). The molecule has 1 N–H and O–H groups in total. The van der Waals surface area contributed by atoms with Crippen LogP contribution in [0.1, 0.15) is 20.8 Å². The highest BCUT2D eigenvalue weighted by atomic mass is 32.1. The van der Waals surface area contributed by atoms with E-state index >= 15 is 0 Å². The molecule has 1 amide bonds. The predicted molar refractivity (Wildman–Crippen MR) is 95.4 cm³/mol. The summed E-state index contributed by atoms with van der Waals surface area (Å²) in [6, 6.07) is 3.29. The van der Waals surface area contributed by atoms with Gasteiger partial charge in [0.05, 0.1) is 12.7 Å². The van der Waals surface area contributed by atoms with Crippen molar-refractivity contribution in [3.8, 4) is 0 Å². The van der Waals surface area contributed by atoms with E-state index in [1.165, 1.54) is 24.8 Å². The number of likely N-dealkylation sites (N-methyl/N-ethyl adjacent to an activating group) is 1. The van der Waals surface area contributed by atoms with Gasteiger partial charge >= 0.3 is 5.97 Å². The van der Waals surface area contributed by atoms with Crippen LogP contribution in [0.5, 0.6) is 0 Å². The third-order valence-corrected chi connectivity index (χ3v) is 4.84. The lowest BCUT2D eigenvalue weighted by atomic mass is 10.3. The minimum atomic E-state index is -0.489. The maximum atomic E-state index is 12.5. The maximum absolute atomic E-state index is 12.5. The first-order valence-corrected chi connectivity index (χ1v) is 8.69. The number of rotatable bonds is 4. The molecule has 1 saturated heterocycles. The van der Waals surface area contributed by atoms with Gasteiger partial charge in [-0.1, -0.05) is 0 Å². The monoisotopic (exact) mass is 361 g/mol. The molecular formula is C16H19N5O3S. The third kappa shape index (κ3) is 3.94. The van der Waals surface area contributed by atoms with Crippen LogP contribution in [-0.2, 0) is 4.74 Å². The number of carbonyl (C=O) groups is 2. The van der Waals surface area contributed by atoms with Crippen LogP contribution in [0.3, 0.4) is 0 Å². The van der Waals surface area contributed by atoms with Crippen LogP contribution >= 0.6 is 11.3 Å². The standard InChI is InChI=1S/C16H19N5O3S/c1-20-4-6-21(7-5-20)13-9-12(17-10-18-13)14(22)19-15-11(3-8-25-15)16(23)24-2/h3,8-10H,4-7H2,1-2H3,(H,19,22). The number of thiophene rings is 1. The largest absolute Gasteiger partial charge is 0.465 e. The summed E-state index contributed by atoms with van der Waals surface area (Å²) in [7, 11) is 3.38. The van der Waals surface area contributed by atoms with Crippen LogP contribution in [0.4, 0.5) is 10.8 Å². The Bertz CT molecular complexity index is 771. The molecule has 1 aliphatic rings. The van der Waals surface area contributed by atoms with Crippen LogP contribution in [0, 0.1) is 0 Å². The molecule has 3 heterocycles. The van der Waals surface area contributed by atoms with Crippen LogP contribution in [-0.4, -0.2) is 67.1 Å². The molecule has 9 heteroatoms. The van der Waals surface area contributed by atoms with E-state index < -0.39 is 5.97 Å². The van der Waals surface area contributed by atoms with E-state index in [1.54, 1.807) is 17.5 Å². The Morgan fingerprint density at radius 1 is 1.24 bits per heavy atom. The molecule has 0 aromatic carbocycles. The number of ether oxygens (including phenoxy) is 1. The normalized spacial score (nSPS) is 15.0. The van der Waals surface area contributed by atoms with Crippen LogP contribution in [0.2, 0.25) is 0 Å². The highest BCUT2D eigenvalue weighted by Crippen LogP contribution is 2.24. The lowest BCUT2D eigenvalue weighted by molar-refractivity contribution is 0.0602. The van der Waals surface area contributed by atoms with Crippen molar-refractivity contribution in [1.29, 1.82) is 0 Å². The van der Waals surface area contributed by atoms with Crippen molar-refractivity contribution in [3.63, 3.8) is 0 Å². The van der Waals surface area contributed by atoms with Gasteiger partial charge in [-0.25, -0.2) is 14.8 Å². The van der Waals surface area contributed by atoms with Crippen molar-refractivity contribution < 1.29 is 14.3 Å². The number of esters is 1. The zero-order chi connectivity index (χ0) is 17.8. The van der Waals surface area contributed by atoms with Gasteiger partial charge in [-0.15, -0.1) is 11.3 Å². The quantitative estimate of drug-likeness (QED) is 0.822. The van der Waals surface area contributed by atoms with Gasteiger partial charge in [0.15, 0.2) is 0 Å². The number of hydrogen-bond donors (Lipinski definition) is 1. The summed E-state index contributed by atoms with van der Waals surface area (Å²) in [4.78, 5) is 36.9. The average molecular weight is 361 g/mol.